The summed E-state index contributed by atoms with van der Waals surface area (Å²) in [4.78, 5) is 48.6. The third kappa shape index (κ3) is 4.27. The summed E-state index contributed by atoms with van der Waals surface area (Å²) in [5.74, 6) is -0.389. The van der Waals surface area contributed by atoms with E-state index in [2.05, 4.69) is 23.8 Å². The van der Waals surface area contributed by atoms with E-state index in [0.29, 0.717) is 12.1 Å². The van der Waals surface area contributed by atoms with Crippen molar-refractivity contribution in [3.05, 3.63) is 28.8 Å². The van der Waals surface area contributed by atoms with Gasteiger partial charge in [-0.1, -0.05) is 12.2 Å². The summed E-state index contributed by atoms with van der Waals surface area (Å²) in [6.07, 6.45) is 5.30. The van der Waals surface area contributed by atoms with Crippen LogP contribution < -0.4 is 11.3 Å². The van der Waals surface area contributed by atoms with Gasteiger partial charge in [0.15, 0.2) is 11.2 Å². The van der Waals surface area contributed by atoms with Gasteiger partial charge < -0.3 is 25.0 Å². The van der Waals surface area contributed by atoms with E-state index in [0.717, 1.165) is 0 Å². The maximum Gasteiger partial charge on any atom is 0.481 e. The van der Waals surface area contributed by atoms with Gasteiger partial charge in [-0.05, 0) is 6.42 Å². The molecule has 0 fully saturated rings. The van der Waals surface area contributed by atoms with Crippen LogP contribution in [0.3, 0.4) is 0 Å². The number of fused-ring (bicyclic) bond motifs is 1. The molecule has 0 saturated carbocycles. The molecule has 15 heteroatoms. The number of imidazole rings is 1. The zero-order chi connectivity index (χ0) is 19.1. The zero-order valence-electron chi connectivity index (χ0n) is 13.0. The van der Waals surface area contributed by atoms with Crippen LogP contribution in [0.15, 0.2) is 23.3 Å². The fraction of sp³-hybridized carbons (Fsp3) is 0.364. The molecule has 0 spiro atoms. The predicted molar refractivity (Wildman–Crippen MR) is 87.8 cm³/mol. The molecule has 3 atom stereocenters. The number of phosphoric ester groups is 1. The molecule has 0 amide bonds. The topological polar surface area (TPSA) is 203 Å². The van der Waals surface area contributed by atoms with Crippen molar-refractivity contribution >= 4 is 32.8 Å². The second kappa shape index (κ2) is 6.71. The van der Waals surface area contributed by atoms with E-state index in [9.17, 15) is 18.8 Å². The van der Waals surface area contributed by atoms with E-state index >= 15 is 0 Å². The van der Waals surface area contributed by atoms with Crippen molar-refractivity contribution in [3.63, 3.8) is 0 Å². The molecular formula is C11H15N5O8P2. The molecule has 0 radical (unpaired) electrons. The van der Waals surface area contributed by atoms with Gasteiger partial charge in [-0.15, -0.1) is 0 Å². The lowest BCUT2D eigenvalue weighted by Crippen LogP contribution is -2.14. The molecular weight excluding hydrogens is 392 g/mol. The van der Waals surface area contributed by atoms with Crippen molar-refractivity contribution in [1.29, 1.82) is 0 Å². The molecule has 0 aliphatic heterocycles. The Bertz CT molecular complexity index is 1010. The Hall–Kier alpha value is -1.85. The third-order valence-corrected chi connectivity index (χ3v) is 5.77. The Morgan fingerprint density at radius 3 is 2.77 bits per heavy atom. The fourth-order valence-corrected chi connectivity index (χ4v) is 4.26. The molecule has 13 nitrogen and oxygen atoms in total. The summed E-state index contributed by atoms with van der Waals surface area (Å²) in [5.41, 5.74) is 5.49. The standard InChI is InChI=1S/C11H15N5O8P2/c12-11-14-9-8(10(17)15-11)13-5-16(9)7-2-1-6(3-7)4-23-26(21,22)24-25(18,19)20/h1-2,5-7H,3-4H2,(H,21,22)(H2,18,19,20)(H3,12,14,15,17)/t6-,7+/m0/s1. The highest BCUT2D eigenvalue weighted by Gasteiger charge is 2.34. The first-order chi connectivity index (χ1) is 12.0. The highest BCUT2D eigenvalue weighted by Crippen LogP contribution is 2.57. The summed E-state index contributed by atoms with van der Waals surface area (Å²) in [6.45, 7) is -0.302. The largest absolute Gasteiger partial charge is 0.481 e. The summed E-state index contributed by atoms with van der Waals surface area (Å²) in [6, 6.07) is -0.261. The smallest absolute Gasteiger partial charge is 0.369 e. The summed E-state index contributed by atoms with van der Waals surface area (Å²) in [7, 11) is -10.0. The van der Waals surface area contributed by atoms with Crippen molar-refractivity contribution in [1.82, 2.24) is 19.5 Å². The molecule has 3 rings (SSSR count). The van der Waals surface area contributed by atoms with Crippen molar-refractivity contribution in [2.24, 2.45) is 5.92 Å². The number of nitrogens with zero attached hydrogens (tertiary/aromatic N) is 3. The van der Waals surface area contributed by atoms with E-state index < -0.39 is 21.2 Å². The quantitative estimate of drug-likeness (QED) is 0.319. The van der Waals surface area contributed by atoms with Crippen LogP contribution in [0.2, 0.25) is 0 Å². The summed E-state index contributed by atoms with van der Waals surface area (Å²) >= 11 is 0. The monoisotopic (exact) mass is 407 g/mol. The number of hydrogen-bond acceptors (Lipinski definition) is 8. The number of nitrogens with one attached hydrogen (secondary N) is 1. The van der Waals surface area contributed by atoms with Crippen LogP contribution in [0.1, 0.15) is 12.5 Å². The minimum atomic E-state index is -5.16. The van der Waals surface area contributed by atoms with Crippen molar-refractivity contribution in [2.75, 3.05) is 12.3 Å². The van der Waals surface area contributed by atoms with E-state index in [4.69, 9.17) is 15.5 Å². The molecule has 142 valence electrons. The number of H-pyrrole nitrogens is 1. The lowest BCUT2D eigenvalue weighted by Gasteiger charge is -2.16. The normalized spacial score (nSPS) is 22.7. The van der Waals surface area contributed by atoms with Gasteiger partial charge in [0.05, 0.1) is 19.0 Å². The number of phosphoric acid groups is 2. The highest BCUT2D eigenvalue weighted by molar-refractivity contribution is 7.60. The van der Waals surface area contributed by atoms with Crippen molar-refractivity contribution < 1.29 is 32.6 Å². The Kier molecular flexibility index (Phi) is 4.88. The van der Waals surface area contributed by atoms with E-state index in [-0.39, 0.29) is 30.0 Å². The van der Waals surface area contributed by atoms with Crippen LogP contribution in [0.4, 0.5) is 5.95 Å². The summed E-state index contributed by atoms with van der Waals surface area (Å²) < 4.78 is 32.0. The summed E-state index contributed by atoms with van der Waals surface area (Å²) in [5, 5.41) is 0. The second-order valence-electron chi connectivity index (χ2n) is 5.56. The van der Waals surface area contributed by atoms with Gasteiger partial charge in [0.25, 0.3) is 5.56 Å². The number of aromatic nitrogens is 4. The molecule has 2 aromatic heterocycles. The Morgan fingerprint density at radius 1 is 1.35 bits per heavy atom. The second-order valence-corrected chi connectivity index (χ2v) is 8.39. The Labute approximate surface area is 145 Å². The minimum Gasteiger partial charge on any atom is -0.369 e. The average molecular weight is 407 g/mol. The number of allylic oxidation sites excluding steroid dienone is 1. The number of rotatable bonds is 6. The molecule has 2 heterocycles. The third-order valence-electron chi connectivity index (χ3n) is 3.62. The van der Waals surface area contributed by atoms with E-state index in [1.54, 1.807) is 16.7 Å². The molecule has 1 unspecified atom stereocenters. The van der Waals surface area contributed by atoms with Crippen LogP contribution >= 0.6 is 15.6 Å². The number of hydrogen-bond donors (Lipinski definition) is 5. The van der Waals surface area contributed by atoms with Crippen LogP contribution in [-0.4, -0.2) is 40.8 Å². The lowest BCUT2D eigenvalue weighted by molar-refractivity contribution is 0.163. The molecule has 1 aliphatic rings. The maximum atomic E-state index is 11.8. The number of nitrogens with two attached hydrogens (primary N) is 1. The zero-order valence-corrected chi connectivity index (χ0v) is 14.8. The van der Waals surface area contributed by atoms with Gasteiger partial charge in [-0.25, -0.2) is 14.1 Å². The van der Waals surface area contributed by atoms with Gasteiger partial charge in [0.1, 0.15) is 0 Å². The Balaban J connectivity index is 1.69. The molecule has 26 heavy (non-hydrogen) atoms. The minimum absolute atomic E-state index is 0.0538. The maximum absolute atomic E-state index is 11.8. The molecule has 6 N–H and O–H groups in total. The van der Waals surface area contributed by atoms with Gasteiger partial charge in [-0.3, -0.25) is 14.3 Å². The predicted octanol–water partition coefficient (Wildman–Crippen LogP) is 0.0453. The molecule has 0 bridgehead atoms. The first-order valence-electron chi connectivity index (χ1n) is 7.19. The first-order valence-corrected chi connectivity index (χ1v) is 10.2. The van der Waals surface area contributed by atoms with E-state index in [1.165, 1.54) is 6.33 Å². The first kappa shape index (κ1) is 18.9. The highest BCUT2D eigenvalue weighted by atomic mass is 31.3. The van der Waals surface area contributed by atoms with Crippen LogP contribution in [0.5, 0.6) is 0 Å². The Morgan fingerprint density at radius 2 is 2.08 bits per heavy atom. The molecule has 0 aromatic carbocycles. The van der Waals surface area contributed by atoms with Gasteiger partial charge in [0, 0.05) is 5.92 Å². The van der Waals surface area contributed by atoms with Crippen molar-refractivity contribution in [3.8, 4) is 0 Å². The van der Waals surface area contributed by atoms with Crippen molar-refractivity contribution in [2.45, 2.75) is 12.5 Å². The average Bonchev–Trinajstić information content (AvgIpc) is 3.08. The van der Waals surface area contributed by atoms with E-state index in [1.807, 2.05) is 0 Å². The van der Waals surface area contributed by atoms with Gasteiger partial charge in [-0.2, -0.15) is 9.29 Å². The number of aromatic amines is 1. The molecule has 2 aromatic rings. The number of nitrogen functional groups attached to an aromatic ring is 1. The van der Waals surface area contributed by atoms with Gasteiger partial charge >= 0.3 is 15.6 Å². The molecule has 0 saturated heterocycles. The lowest BCUT2D eigenvalue weighted by atomic mass is 10.1. The van der Waals surface area contributed by atoms with Crippen LogP contribution in [-0.2, 0) is 18.0 Å². The molecule has 1 aliphatic carbocycles. The number of anilines is 1. The van der Waals surface area contributed by atoms with Crippen LogP contribution in [0, 0.1) is 5.92 Å². The fourth-order valence-electron chi connectivity index (χ4n) is 2.62. The van der Waals surface area contributed by atoms with Crippen LogP contribution in [0.25, 0.3) is 11.2 Å². The SMILES string of the molecule is Nc1nc2c(ncn2[C@@H]2C=C[C@H](COP(=O)(O)OP(=O)(O)O)C2)c(=O)[nH]1. The van der Waals surface area contributed by atoms with Gasteiger partial charge in [0.2, 0.25) is 5.95 Å².